The van der Waals surface area contributed by atoms with Crippen LogP contribution in [0.3, 0.4) is 0 Å². The van der Waals surface area contributed by atoms with E-state index in [0.717, 1.165) is 19.3 Å². The Morgan fingerprint density at radius 1 is 1.34 bits per heavy atom. The zero-order chi connectivity index (χ0) is 23.2. The molecule has 1 saturated carbocycles. The largest absolute Gasteiger partial charge is 0.492 e. The molecular formula is C23H31N5O4. The van der Waals surface area contributed by atoms with Gasteiger partial charge >= 0.3 is 0 Å². The second kappa shape index (κ2) is 8.11. The quantitative estimate of drug-likeness (QED) is 0.667. The fourth-order valence-electron chi connectivity index (χ4n) is 4.12. The zero-order valence-electron chi connectivity index (χ0n) is 19.1. The van der Waals surface area contributed by atoms with E-state index >= 15 is 0 Å². The number of hydrogen-bond acceptors (Lipinski definition) is 5. The molecule has 0 unspecified atom stereocenters. The highest BCUT2D eigenvalue weighted by Crippen LogP contribution is 2.29. The minimum atomic E-state index is -0.589. The summed E-state index contributed by atoms with van der Waals surface area (Å²) < 4.78 is 2.66. The summed E-state index contributed by atoms with van der Waals surface area (Å²) in [6, 6.07) is 0.0493. The van der Waals surface area contributed by atoms with E-state index in [0.29, 0.717) is 30.8 Å². The molecule has 9 heteroatoms. The van der Waals surface area contributed by atoms with Gasteiger partial charge < -0.3 is 15.3 Å². The second-order valence-electron chi connectivity index (χ2n) is 10.1. The molecular weight excluding hydrogens is 410 g/mol. The minimum absolute atomic E-state index is 0.0493. The van der Waals surface area contributed by atoms with Gasteiger partial charge in [-0.25, -0.2) is 0 Å². The molecule has 172 valence electrons. The van der Waals surface area contributed by atoms with Crippen LogP contribution >= 0.6 is 0 Å². The molecule has 0 radical (unpaired) electrons. The lowest BCUT2D eigenvalue weighted by atomic mass is 9.93. The van der Waals surface area contributed by atoms with E-state index < -0.39 is 17.3 Å². The Morgan fingerprint density at radius 2 is 2.06 bits per heavy atom. The topological polar surface area (TPSA) is 109 Å². The number of fused-ring (bicyclic) bond motifs is 1. The number of aromatic hydroxyl groups is 1. The Kier molecular flexibility index (Phi) is 5.60. The monoisotopic (exact) mass is 441 g/mol. The van der Waals surface area contributed by atoms with Crippen LogP contribution in [0.15, 0.2) is 17.1 Å². The van der Waals surface area contributed by atoms with E-state index in [1.807, 2.05) is 13.8 Å². The number of rotatable bonds is 6. The zero-order valence-corrected chi connectivity index (χ0v) is 19.1. The molecule has 9 nitrogen and oxygen atoms in total. The number of aromatic nitrogens is 3. The van der Waals surface area contributed by atoms with Crippen molar-refractivity contribution in [2.24, 2.45) is 11.3 Å². The van der Waals surface area contributed by atoms with Gasteiger partial charge in [-0.3, -0.25) is 19.0 Å². The molecule has 3 heterocycles. The van der Waals surface area contributed by atoms with Gasteiger partial charge in [0.25, 0.3) is 11.5 Å². The van der Waals surface area contributed by atoms with Crippen LogP contribution in [-0.2, 0) is 11.3 Å². The van der Waals surface area contributed by atoms with Gasteiger partial charge in [0.2, 0.25) is 11.8 Å². The van der Waals surface area contributed by atoms with E-state index in [2.05, 4.69) is 24.3 Å². The average molecular weight is 442 g/mol. The maximum atomic E-state index is 13.3. The first-order valence-corrected chi connectivity index (χ1v) is 11.2. The van der Waals surface area contributed by atoms with Crippen LogP contribution in [0.4, 0.5) is 0 Å². The van der Waals surface area contributed by atoms with Crippen molar-refractivity contribution in [2.45, 2.75) is 59.5 Å². The van der Waals surface area contributed by atoms with Crippen molar-refractivity contribution >= 4 is 23.5 Å². The van der Waals surface area contributed by atoms with Crippen molar-refractivity contribution in [1.29, 1.82) is 0 Å². The van der Waals surface area contributed by atoms with Crippen LogP contribution in [0, 0.1) is 11.3 Å². The van der Waals surface area contributed by atoms with Crippen LogP contribution in [0.1, 0.15) is 62.9 Å². The molecule has 1 aliphatic heterocycles. The number of nitrogens with one attached hydrogen (secondary N) is 1. The maximum Gasteiger partial charge on any atom is 0.270 e. The summed E-state index contributed by atoms with van der Waals surface area (Å²) in [4.78, 5) is 40.4. The average Bonchev–Trinajstić information content (AvgIpc) is 3.29. The van der Waals surface area contributed by atoms with E-state index in [1.54, 1.807) is 11.0 Å². The van der Waals surface area contributed by atoms with E-state index in [4.69, 9.17) is 0 Å². The third-order valence-corrected chi connectivity index (χ3v) is 5.99. The van der Waals surface area contributed by atoms with Gasteiger partial charge in [-0.05, 0) is 36.7 Å². The van der Waals surface area contributed by atoms with Crippen LogP contribution in [0.2, 0.25) is 0 Å². The number of nitrogens with zero attached hydrogens (tertiary/aromatic N) is 4. The van der Waals surface area contributed by atoms with Crippen molar-refractivity contribution in [3.63, 3.8) is 0 Å². The molecule has 2 aliphatic rings. The van der Waals surface area contributed by atoms with Gasteiger partial charge in [-0.2, -0.15) is 9.61 Å². The lowest BCUT2D eigenvalue weighted by molar-refractivity contribution is -0.125. The normalized spacial score (nSPS) is 18.2. The molecule has 0 aromatic carbocycles. The van der Waals surface area contributed by atoms with Gasteiger partial charge in [-0.1, -0.05) is 27.7 Å². The molecule has 32 heavy (non-hydrogen) atoms. The highest BCUT2D eigenvalue weighted by atomic mass is 16.3. The summed E-state index contributed by atoms with van der Waals surface area (Å²) >= 11 is 0. The summed E-state index contributed by atoms with van der Waals surface area (Å²) in [7, 11) is 0. The lowest BCUT2D eigenvalue weighted by Gasteiger charge is -2.18. The van der Waals surface area contributed by atoms with Crippen LogP contribution in [0.5, 0.6) is 5.88 Å². The number of carbonyl (C=O) groups excluding carboxylic acids is 2. The van der Waals surface area contributed by atoms with Crippen molar-refractivity contribution in [1.82, 2.24) is 24.4 Å². The lowest BCUT2D eigenvalue weighted by Crippen LogP contribution is -2.36. The van der Waals surface area contributed by atoms with Crippen molar-refractivity contribution < 1.29 is 14.7 Å². The summed E-state index contributed by atoms with van der Waals surface area (Å²) in [6.45, 7) is 9.95. The van der Waals surface area contributed by atoms with Crippen LogP contribution < -0.4 is 10.9 Å². The number of carbonyl (C=O) groups is 2. The van der Waals surface area contributed by atoms with Gasteiger partial charge in [-0.15, -0.1) is 0 Å². The van der Waals surface area contributed by atoms with Crippen molar-refractivity contribution in [3.05, 3.63) is 33.8 Å². The first-order valence-electron chi connectivity index (χ1n) is 11.2. The predicted octanol–water partition coefficient (Wildman–Crippen LogP) is 2.02. The molecule has 2 N–H and O–H groups in total. The Labute approximate surface area is 186 Å². The Balaban J connectivity index is 1.74. The number of likely N-dealkylation sites (tertiary alicyclic amines) is 1. The SMILES string of the molecule is CC(C)Cn1c(=O)c(C(=O)NC2CC2)c(O)n2ncc(/C=C/C(=O)N3CCC(C)(C)C3)c12. The summed E-state index contributed by atoms with van der Waals surface area (Å²) in [6.07, 6.45) is 7.28. The Hall–Kier alpha value is -3.10. The third kappa shape index (κ3) is 4.28. The third-order valence-electron chi connectivity index (χ3n) is 5.99. The smallest absolute Gasteiger partial charge is 0.270 e. The molecule has 1 aliphatic carbocycles. The number of hydrogen-bond donors (Lipinski definition) is 2. The highest BCUT2D eigenvalue weighted by molar-refractivity contribution is 5.97. The molecule has 0 bridgehead atoms. The van der Waals surface area contributed by atoms with Crippen LogP contribution in [-0.4, -0.2) is 55.1 Å². The standard InChI is InChI=1S/C23H31N5O4/c1-14(2)12-27-20-15(5-8-17(29)26-10-9-23(3,4)13-26)11-24-28(20)22(32)18(21(27)31)19(30)25-16-6-7-16/h5,8,11,14,16,32H,6-7,9-10,12-13H2,1-4H3,(H,25,30)/b8-5+. The summed E-state index contributed by atoms with van der Waals surface area (Å²) in [5.74, 6) is -1.07. The summed E-state index contributed by atoms with van der Waals surface area (Å²) in [5.41, 5.74) is 0.118. The highest BCUT2D eigenvalue weighted by Gasteiger charge is 2.32. The maximum absolute atomic E-state index is 13.3. The first-order chi connectivity index (χ1) is 15.1. The molecule has 2 amide bonds. The van der Waals surface area contributed by atoms with Crippen molar-refractivity contribution in [3.8, 4) is 5.88 Å². The van der Waals surface area contributed by atoms with Gasteiger partial charge in [0.05, 0.1) is 6.20 Å². The minimum Gasteiger partial charge on any atom is -0.492 e. The molecule has 0 atom stereocenters. The van der Waals surface area contributed by atoms with E-state index in [9.17, 15) is 19.5 Å². The molecule has 2 fully saturated rings. The van der Waals surface area contributed by atoms with Crippen molar-refractivity contribution in [2.75, 3.05) is 13.1 Å². The van der Waals surface area contributed by atoms with E-state index in [-0.39, 0.29) is 28.8 Å². The molecule has 2 aromatic heterocycles. The van der Waals surface area contributed by atoms with Gasteiger partial charge in [0.1, 0.15) is 5.65 Å². The number of amides is 2. The predicted molar refractivity (Wildman–Crippen MR) is 120 cm³/mol. The molecule has 2 aromatic rings. The fourth-order valence-corrected chi connectivity index (χ4v) is 4.12. The first kappa shape index (κ1) is 22.1. The second-order valence-corrected chi connectivity index (χ2v) is 10.1. The molecule has 0 spiro atoms. The van der Waals surface area contributed by atoms with Crippen LogP contribution in [0.25, 0.3) is 11.7 Å². The molecule has 4 rings (SSSR count). The Bertz CT molecular complexity index is 1150. The van der Waals surface area contributed by atoms with Gasteiger partial charge in [0, 0.05) is 37.3 Å². The summed E-state index contributed by atoms with van der Waals surface area (Å²) in [5, 5.41) is 17.7. The van der Waals surface area contributed by atoms with E-state index in [1.165, 1.54) is 21.4 Å². The van der Waals surface area contributed by atoms with Gasteiger partial charge in [0.15, 0.2) is 5.56 Å². The Morgan fingerprint density at radius 3 is 2.66 bits per heavy atom. The fraction of sp³-hybridized carbons (Fsp3) is 0.565. The molecule has 1 saturated heterocycles.